The molecule has 0 aliphatic carbocycles. The minimum atomic E-state index is 0.622. The van der Waals surface area contributed by atoms with Crippen LogP contribution >= 0.6 is 0 Å². The molecular weight excluding hydrogens is 364 g/mol. The number of benzene rings is 2. The molecule has 0 saturated carbocycles. The maximum absolute atomic E-state index is 5.52. The molecule has 0 radical (unpaired) electrons. The number of hydrogen-bond donors (Lipinski definition) is 1. The van der Waals surface area contributed by atoms with E-state index in [4.69, 9.17) is 14.5 Å². The summed E-state index contributed by atoms with van der Waals surface area (Å²) in [6.45, 7) is 5.45. The molecule has 0 saturated heterocycles. The van der Waals surface area contributed by atoms with E-state index in [2.05, 4.69) is 27.3 Å². The molecule has 150 valence electrons. The van der Waals surface area contributed by atoms with E-state index in [-0.39, 0.29) is 0 Å². The normalized spacial score (nSPS) is 13.6. The summed E-state index contributed by atoms with van der Waals surface area (Å²) in [5.74, 6) is 2.35. The van der Waals surface area contributed by atoms with Gasteiger partial charge in [0.05, 0.1) is 19.4 Å². The summed E-state index contributed by atoms with van der Waals surface area (Å²) >= 11 is 0. The lowest BCUT2D eigenvalue weighted by Gasteiger charge is -2.28. The summed E-state index contributed by atoms with van der Waals surface area (Å²) < 4.78 is 10.8. The Balaban J connectivity index is 1.39. The van der Waals surface area contributed by atoms with Crippen LogP contribution in [-0.4, -0.2) is 35.1 Å². The third-order valence-electron chi connectivity index (χ3n) is 4.98. The predicted octanol–water partition coefficient (Wildman–Crippen LogP) is 4.19. The average molecular weight is 390 g/mol. The maximum Gasteiger partial charge on any atom is 0.227 e. The van der Waals surface area contributed by atoms with Gasteiger partial charge >= 0.3 is 0 Å². The highest BCUT2D eigenvalue weighted by atomic mass is 16.5. The first-order chi connectivity index (χ1) is 14.2. The van der Waals surface area contributed by atoms with E-state index in [1.165, 1.54) is 11.1 Å². The highest BCUT2D eigenvalue weighted by Gasteiger charge is 2.18. The quantitative estimate of drug-likeness (QED) is 0.653. The Bertz CT molecular complexity index is 959. The molecular formula is C23H26N4O2. The minimum Gasteiger partial charge on any atom is -0.497 e. The van der Waals surface area contributed by atoms with Crippen LogP contribution in [0.1, 0.15) is 23.7 Å². The molecule has 1 aromatic heterocycles. The van der Waals surface area contributed by atoms with E-state index in [0.29, 0.717) is 12.6 Å². The van der Waals surface area contributed by atoms with Crippen molar-refractivity contribution in [2.75, 3.05) is 25.6 Å². The average Bonchev–Trinajstić information content (AvgIpc) is 2.75. The number of nitrogens with zero attached hydrogens (tertiary/aromatic N) is 3. The molecule has 0 amide bonds. The molecule has 1 N–H and O–H groups in total. The summed E-state index contributed by atoms with van der Waals surface area (Å²) in [7, 11) is 1.66. The number of aromatic nitrogens is 2. The summed E-state index contributed by atoms with van der Waals surface area (Å²) in [5, 5.41) is 3.27. The van der Waals surface area contributed by atoms with Crippen molar-refractivity contribution in [1.82, 2.24) is 14.9 Å². The number of fused-ring (bicyclic) bond motifs is 1. The van der Waals surface area contributed by atoms with Gasteiger partial charge in [0, 0.05) is 49.6 Å². The van der Waals surface area contributed by atoms with Crippen molar-refractivity contribution < 1.29 is 9.47 Å². The molecule has 0 atom stereocenters. The summed E-state index contributed by atoms with van der Waals surface area (Å²) in [5.41, 5.74) is 4.51. The third kappa shape index (κ3) is 4.84. The molecule has 4 rings (SSSR count). The van der Waals surface area contributed by atoms with Gasteiger partial charge in [-0.05, 0) is 36.8 Å². The van der Waals surface area contributed by atoms with E-state index < -0.39 is 0 Å². The van der Waals surface area contributed by atoms with E-state index in [9.17, 15) is 0 Å². The number of ether oxygens (including phenoxy) is 2. The zero-order chi connectivity index (χ0) is 20.1. The lowest BCUT2D eigenvalue weighted by atomic mass is 10.1. The van der Waals surface area contributed by atoms with Crippen LogP contribution in [0.4, 0.5) is 11.6 Å². The topological polar surface area (TPSA) is 59.5 Å². The monoisotopic (exact) mass is 390 g/mol. The predicted molar refractivity (Wildman–Crippen MR) is 114 cm³/mol. The molecule has 2 aromatic carbocycles. The molecule has 6 nitrogen and oxygen atoms in total. The van der Waals surface area contributed by atoms with E-state index in [0.717, 1.165) is 48.9 Å². The van der Waals surface area contributed by atoms with Gasteiger partial charge in [-0.2, -0.15) is 0 Å². The van der Waals surface area contributed by atoms with Gasteiger partial charge in [-0.1, -0.05) is 18.2 Å². The highest BCUT2D eigenvalue weighted by Crippen LogP contribution is 2.23. The van der Waals surface area contributed by atoms with Gasteiger partial charge in [0.1, 0.15) is 11.5 Å². The first-order valence-electron chi connectivity index (χ1n) is 9.93. The van der Waals surface area contributed by atoms with Gasteiger partial charge in [-0.15, -0.1) is 0 Å². The number of anilines is 2. The smallest absolute Gasteiger partial charge is 0.227 e. The van der Waals surface area contributed by atoms with Crippen molar-refractivity contribution in [1.29, 1.82) is 0 Å². The fourth-order valence-electron chi connectivity index (χ4n) is 3.52. The maximum atomic E-state index is 5.52. The summed E-state index contributed by atoms with van der Waals surface area (Å²) in [6.07, 6.45) is 2.86. The van der Waals surface area contributed by atoms with Crippen LogP contribution in [-0.2, 0) is 19.5 Å². The van der Waals surface area contributed by atoms with Crippen molar-refractivity contribution in [3.63, 3.8) is 0 Å². The molecule has 0 spiro atoms. The van der Waals surface area contributed by atoms with Crippen LogP contribution in [0.3, 0.4) is 0 Å². The zero-order valence-corrected chi connectivity index (χ0v) is 16.9. The Kier molecular flexibility index (Phi) is 5.91. The minimum absolute atomic E-state index is 0.622. The van der Waals surface area contributed by atoms with Crippen LogP contribution < -0.4 is 14.8 Å². The lowest BCUT2D eigenvalue weighted by Crippen LogP contribution is -2.31. The Hall–Kier alpha value is -3.12. The van der Waals surface area contributed by atoms with Crippen molar-refractivity contribution in [2.24, 2.45) is 0 Å². The van der Waals surface area contributed by atoms with Crippen LogP contribution in [0.25, 0.3) is 0 Å². The van der Waals surface area contributed by atoms with Crippen LogP contribution in [0, 0.1) is 0 Å². The van der Waals surface area contributed by atoms with Gasteiger partial charge in [0.25, 0.3) is 0 Å². The molecule has 1 aliphatic heterocycles. The van der Waals surface area contributed by atoms with Gasteiger partial charge in [0.15, 0.2) is 0 Å². The van der Waals surface area contributed by atoms with Crippen LogP contribution in [0.2, 0.25) is 0 Å². The lowest BCUT2D eigenvalue weighted by molar-refractivity contribution is 0.243. The molecule has 6 heteroatoms. The molecule has 0 bridgehead atoms. The number of methoxy groups -OCH3 is 1. The SMILES string of the molecule is CCOc1ccc(CN2CCc3nc(Nc4cccc(OC)c4)ncc3C2)cc1. The van der Waals surface area contributed by atoms with Gasteiger partial charge in [0.2, 0.25) is 5.95 Å². The van der Waals surface area contributed by atoms with Crippen LogP contribution in [0.15, 0.2) is 54.7 Å². The first-order valence-corrected chi connectivity index (χ1v) is 9.93. The number of nitrogens with one attached hydrogen (secondary N) is 1. The van der Waals surface area contributed by atoms with E-state index >= 15 is 0 Å². The Morgan fingerprint density at radius 2 is 1.97 bits per heavy atom. The molecule has 0 fully saturated rings. The fraction of sp³-hybridized carbons (Fsp3) is 0.304. The van der Waals surface area contributed by atoms with Crippen molar-refractivity contribution >= 4 is 11.6 Å². The Labute approximate surface area is 171 Å². The van der Waals surface area contributed by atoms with Crippen molar-refractivity contribution in [3.8, 4) is 11.5 Å². The molecule has 0 unspecified atom stereocenters. The standard InChI is InChI=1S/C23H26N4O2/c1-3-29-20-9-7-17(8-10-20)15-27-12-11-22-18(16-27)14-24-23(26-22)25-19-5-4-6-21(13-19)28-2/h4-10,13-14H,3,11-12,15-16H2,1-2H3,(H,24,25,26). The zero-order valence-electron chi connectivity index (χ0n) is 16.9. The van der Waals surface area contributed by atoms with Crippen molar-refractivity contribution in [2.45, 2.75) is 26.4 Å². The first kappa shape index (κ1) is 19.2. The number of hydrogen-bond acceptors (Lipinski definition) is 6. The fourth-order valence-corrected chi connectivity index (χ4v) is 3.52. The second-order valence-corrected chi connectivity index (χ2v) is 7.06. The van der Waals surface area contributed by atoms with Crippen LogP contribution in [0.5, 0.6) is 11.5 Å². The largest absolute Gasteiger partial charge is 0.497 e. The van der Waals surface area contributed by atoms with Gasteiger partial charge < -0.3 is 14.8 Å². The number of rotatable bonds is 7. The van der Waals surface area contributed by atoms with Gasteiger partial charge in [-0.25, -0.2) is 9.97 Å². The Morgan fingerprint density at radius 3 is 2.76 bits per heavy atom. The molecule has 1 aliphatic rings. The highest BCUT2D eigenvalue weighted by molar-refractivity contribution is 5.56. The van der Waals surface area contributed by atoms with Crippen molar-refractivity contribution in [3.05, 3.63) is 71.5 Å². The van der Waals surface area contributed by atoms with E-state index in [1.807, 2.05) is 49.5 Å². The summed E-state index contributed by atoms with van der Waals surface area (Å²) in [4.78, 5) is 11.7. The van der Waals surface area contributed by atoms with E-state index in [1.54, 1.807) is 7.11 Å². The second kappa shape index (κ2) is 8.92. The Morgan fingerprint density at radius 1 is 1.10 bits per heavy atom. The summed E-state index contributed by atoms with van der Waals surface area (Å²) in [6, 6.07) is 16.1. The second-order valence-electron chi connectivity index (χ2n) is 7.06. The third-order valence-corrected chi connectivity index (χ3v) is 4.98. The molecule has 3 aromatic rings. The molecule has 2 heterocycles. The van der Waals surface area contributed by atoms with Gasteiger partial charge in [-0.3, -0.25) is 4.90 Å². The molecule has 29 heavy (non-hydrogen) atoms.